The summed E-state index contributed by atoms with van der Waals surface area (Å²) < 4.78 is 27.9. The molecule has 1 heterocycles. The molecule has 0 spiro atoms. The number of carbonyl (C=O) groups is 1. The molecule has 0 atom stereocenters. The monoisotopic (exact) mass is 248 g/mol. The molecule has 2 rings (SSSR count). The second-order valence-electron chi connectivity index (χ2n) is 4.02. The van der Waals surface area contributed by atoms with Crippen molar-refractivity contribution >= 4 is 5.78 Å². The van der Waals surface area contributed by atoms with Gasteiger partial charge < -0.3 is 0 Å². The van der Waals surface area contributed by atoms with Gasteiger partial charge in [-0.25, -0.2) is 8.78 Å². The van der Waals surface area contributed by atoms with E-state index in [0.717, 1.165) is 17.8 Å². The van der Waals surface area contributed by atoms with E-state index < -0.39 is 11.6 Å². The maximum atomic E-state index is 13.4. The van der Waals surface area contributed by atoms with Gasteiger partial charge in [-0.1, -0.05) is 6.07 Å². The van der Waals surface area contributed by atoms with Crippen LogP contribution in [0.15, 0.2) is 42.6 Å². The fraction of sp³-hybridized carbons (Fsp3) is 0.143. The first-order chi connectivity index (χ1) is 8.58. The van der Waals surface area contributed by atoms with Crippen LogP contribution in [-0.2, 0) is 6.54 Å². The highest BCUT2D eigenvalue weighted by atomic mass is 19.1. The fourth-order valence-electron chi connectivity index (χ4n) is 1.69. The van der Waals surface area contributed by atoms with Crippen molar-refractivity contribution < 1.29 is 18.1 Å². The Balaban J connectivity index is 2.25. The molecule has 4 heteroatoms. The molecule has 0 fully saturated rings. The lowest BCUT2D eigenvalue weighted by atomic mass is 10.1. The number of nitrogens with zero attached hydrogens (tertiary/aromatic N) is 1. The van der Waals surface area contributed by atoms with E-state index in [1.165, 1.54) is 6.07 Å². The van der Waals surface area contributed by atoms with Crippen LogP contribution >= 0.6 is 0 Å². The van der Waals surface area contributed by atoms with E-state index in [4.69, 9.17) is 0 Å². The summed E-state index contributed by atoms with van der Waals surface area (Å²) in [5.41, 5.74) is 0.806. The number of halogens is 2. The van der Waals surface area contributed by atoms with Gasteiger partial charge in [-0.3, -0.25) is 4.79 Å². The standard InChI is InChI=1S/C14H12F2NO/c1-10-4-2-3-7-17(10)9-14(18)12-6-5-11(15)8-13(12)16/h2-8H,9H2,1H3/q+1. The third-order valence-electron chi connectivity index (χ3n) is 2.71. The Kier molecular flexibility index (Phi) is 3.46. The van der Waals surface area contributed by atoms with Crippen LogP contribution in [0.5, 0.6) is 0 Å². The number of rotatable bonds is 3. The number of hydrogen-bond acceptors (Lipinski definition) is 1. The minimum atomic E-state index is -0.825. The van der Waals surface area contributed by atoms with Gasteiger partial charge in [0.15, 0.2) is 11.9 Å². The molecular weight excluding hydrogens is 236 g/mol. The molecule has 0 aliphatic carbocycles. The smallest absolute Gasteiger partial charge is 0.230 e. The van der Waals surface area contributed by atoms with E-state index in [0.29, 0.717) is 0 Å². The number of ketones is 1. The van der Waals surface area contributed by atoms with Gasteiger partial charge in [0, 0.05) is 25.1 Å². The zero-order valence-corrected chi connectivity index (χ0v) is 9.86. The molecule has 2 aromatic rings. The molecule has 0 amide bonds. The maximum Gasteiger partial charge on any atom is 0.230 e. The van der Waals surface area contributed by atoms with E-state index in [2.05, 4.69) is 0 Å². The zero-order valence-electron chi connectivity index (χ0n) is 9.86. The minimum absolute atomic E-state index is 0.0369. The van der Waals surface area contributed by atoms with E-state index >= 15 is 0 Å². The van der Waals surface area contributed by atoms with Gasteiger partial charge in [0.2, 0.25) is 12.3 Å². The highest BCUT2D eigenvalue weighted by Crippen LogP contribution is 2.10. The highest BCUT2D eigenvalue weighted by molar-refractivity contribution is 5.95. The molecule has 1 aromatic heterocycles. The topological polar surface area (TPSA) is 20.9 Å². The van der Waals surface area contributed by atoms with E-state index in [1.807, 2.05) is 19.1 Å². The van der Waals surface area contributed by atoms with Gasteiger partial charge in [0.1, 0.15) is 11.6 Å². The lowest BCUT2D eigenvalue weighted by Crippen LogP contribution is -2.40. The zero-order chi connectivity index (χ0) is 13.1. The number of pyridine rings is 1. The highest BCUT2D eigenvalue weighted by Gasteiger charge is 2.17. The van der Waals surface area contributed by atoms with Gasteiger partial charge in [-0.05, 0) is 12.1 Å². The van der Waals surface area contributed by atoms with Crippen LogP contribution in [0.3, 0.4) is 0 Å². The van der Waals surface area contributed by atoms with Crippen molar-refractivity contribution in [3.63, 3.8) is 0 Å². The third-order valence-corrected chi connectivity index (χ3v) is 2.71. The van der Waals surface area contributed by atoms with Crippen molar-refractivity contribution in [2.24, 2.45) is 0 Å². The van der Waals surface area contributed by atoms with E-state index in [1.54, 1.807) is 16.8 Å². The Bertz CT molecular complexity index is 596. The first kappa shape index (κ1) is 12.4. The second-order valence-corrected chi connectivity index (χ2v) is 4.02. The maximum absolute atomic E-state index is 13.4. The third kappa shape index (κ3) is 2.59. The largest absolute Gasteiger partial charge is 0.287 e. The summed E-state index contributed by atoms with van der Waals surface area (Å²) in [5, 5.41) is 0. The summed E-state index contributed by atoms with van der Waals surface area (Å²) >= 11 is 0. The summed E-state index contributed by atoms with van der Waals surface area (Å²) in [4.78, 5) is 11.9. The normalized spacial score (nSPS) is 10.4. The number of Topliss-reactive ketones (excluding diaryl/α,β-unsaturated/α-hetero) is 1. The summed E-state index contributed by atoms with van der Waals surface area (Å²) in [6.45, 7) is 1.89. The number of hydrogen-bond donors (Lipinski definition) is 0. The Morgan fingerprint density at radius 3 is 2.67 bits per heavy atom. The lowest BCUT2D eigenvalue weighted by molar-refractivity contribution is -0.689. The van der Waals surface area contributed by atoms with Gasteiger partial charge >= 0.3 is 0 Å². The molecule has 0 unspecified atom stereocenters. The lowest BCUT2D eigenvalue weighted by Gasteiger charge is -2.02. The van der Waals surface area contributed by atoms with Crippen LogP contribution in [0.25, 0.3) is 0 Å². The van der Waals surface area contributed by atoms with E-state index in [9.17, 15) is 13.6 Å². The van der Waals surface area contributed by atoms with Crippen LogP contribution in [-0.4, -0.2) is 5.78 Å². The van der Waals surface area contributed by atoms with Crippen molar-refractivity contribution in [1.29, 1.82) is 0 Å². The van der Waals surface area contributed by atoms with Crippen molar-refractivity contribution in [1.82, 2.24) is 0 Å². The van der Waals surface area contributed by atoms with Gasteiger partial charge in [0.05, 0.1) is 5.56 Å². The first-order valence-electron chi connectivity index (χ1n) is 5.51. The second kappa shape index (κ2) is 5.04. The minimum Gasteiger partial charge on any atom is -0.287 e. The van der Waals surface area contributed by atoms with Gasteiger partial charge in [-0.15, -0.1) is 0 Å². The van der Waals surface area contributed by atoms with Crippen LogP contribution < -0.4 is 4.57 Å². The van der Waals surface area contributed by atoms with Crippen molar-refractivity contribution in [3.8, 4) is 0 Å². The van der Waals surface area contributed by atoms with Gasteiger partial charge in [-0.2, -0.15) is 4.57 Å². The number of aromatic nitrogens is 1. The molecule has 0 radical (unpaired) electrons. The number of benzene rings is 1. The van der Waals surface area contributed by atoms with Gasteiger partial charge in [0.25, 0.3) is 0 Å². The first-order valence-corrected chi connectivity index (χ1v) is 5.51. The average Bonchev–Trinajstić information content (AvgIpc) is 2.32. The Morgan fingerprint density at radius 2 is 2.00 bits per heavy atom. The Labute approximate surface area is 104 Å². The molecule has 0 bridgehead atoms. The molecule has 0 aliphatic heterocycles. The summed E-state index contributed by atoms with van der Waals surface area (Å²) in [6.07, 6.45) is 1.74. The molecule has 0 saturated carbocycles. The summed E-state index contributed by atoms with van der Waals surface area (Å²) in [6, 6.07) is 8.48. The van der Waals surface area contributed by atoms with Crippen LogP contribution in [0.1, 0.15) is 16.1 Å². The van der Waals surface area contributed by atoms with Crippen molar-refractivity contribution in [2.45, 2.75) is 13.5 Å². The molecule has 0 saturated heterocycles. The molecule has 2 nitrogen and oxygen atoms in total. The van der Waals surface area contributed by atoms with Crippen LogP contribution in [0.4, 0.5) is 8.78 Å². The Morgan fingerprint density at radius 1 is 1.22 bits per heavy atom. The van der Waals surface area contributed by atoms with E-state index in [-0.39, 0.29) is 17.9 Å². The molecule has 0 aliphatic rings. The number of aryl methyl sites for hydroxylation is 1. The molecule has 18 heavy (non-hydrogen) atoms. The molecule has 0 N–H and O–H groups in total. The summed E-state index contributed by atoms with van der Waals surface area (Å²) in [7, 11) is 0. The molecule has 92 valence electrons. The SMILES string of the molecule is Cc1cccc[n+]1CC(=O)c1ccc(F)cc1F. The van der Waals surface area contributed by atoms with Crippen molar-refractivity contribution in [3.05, 3.63) is 65.5 Å². The van der Waals surface area contributed by atoms with Crippen molar-refractivity contribution in [2.75, 3.05) is 0 Å². The summed E-state index contributed by atoms with van der Waals surface area (Å²) in [5.74, 6) is -1.89. The van der Waals surface area contributed by atoms with Crippen LogP contribution in [0, 0.1) is 18.6 Å². The fourth-order valence-corrected chi connectivity index (χ4v) is 1.69. The predicted molar refractivity (Wildman–Crippen MR) is 62.1 cm³/mol. The Hall–Kier alpha value is -2.10. The molecular formula is C14H12F2NO+. The quantitative estimate of drug-likeness (QED) is 0.603. The van der Waals surface area contributed by atoms with Crippen LogP contribution in [0.2, 0.25) is 0 Å². The average molecular weight is 248 g/mol. The predicted octanol–water partition coefficient (Wildman–Crippen LogP) is 2.44. The number of carbonyl (C=O) groups excluding carboxylic acids is 1. The molecule has 1 aromatic carbocycles.